The van der Waals surface area contributed by atoms with Crippen molar-refractivity contribution in [3.05, 3.63) is 36.0 Å². The summed E-state index contributed by atoms with van der Waals surface area (Å²) in [6.45, 7) is 8.73. The normalized spacial score (nSPS) is 13.3. The van der Waals surface area contributed by atoms with Crippen molar-refractivity contribution in [1.82, 2.24) is 24.5 Å². The molecule has 1 amide bonds. The Bertz CT molecular complexity index is 1060. The molecule has 3 heterocycles. The number of anilines is 1. The number of amides is 1. The first-order valence-corrected chi connectivity index (χ1v) is 11.8. The minimum absolute atomic E-state index is 0.0955. The Labute approximate surface area is 186 Å². The summed E-state index contributed by atoms with van der Waals surface area (Å²) in [5, 5.41) is 14.0. The number of rotatable bonds is 8. The number of aryl methyl sites for hydroxylation is 2. The fourth-order valence-electron chi connectivity index (χ4n) is 3.84. The Morgan fingerprint density at radius 3 is 2.77 bits per heavy atom. The number of hydrogen-bond acceptors (Lipinski definition) is 6. The van der Waals surface area contributed by atoms with Crippen molar-refractivity contribution in [2.45, 2.75) is 51.9 Å². The quantitative estimate of drug-likeness (QED) is 0.498. The van der Waals surface area contributed by atoms with Gasteiger partial charge in [0.15, 0.2) is 11.0 Å². The molecule has 0 spiro atoms. The largest absolute Gasteiger partial charge is 0.476 e. The fourth-order valence-corrected chi connectivity index (χ4v) is 4.72. The summed E-state index contributed by atoms with van der Waals surface area (Å²) in [5.41, 5.74) is 3.09. The first-order valence-electron chi connectivity index (χ1n) is 10.8. The van der Waals surface area contributed by atoms with E-state index in [2.05, 4.69) is 21.4 Å². The van der Waals surface area contributed by atoms with Gasteiger partial charge in [0.25, 0.3) is 0 Å². The number of aromatic nitrogens is 5. The lowest BCUT2D eigenvalue weighted by Crippen LogP contribution is -2.36. The minimum atomic E-state index is 0.0955. The third kappa shape index (κ3) is 4.32. The number of benzene rings is 1. The summed E-state index contributed by atoms with van der Waals surface area (Å²) in [6, 6.07) is 8.16. The summed E-state index contributed by atoms with van der Waals surface area (Å²) in [5.74, 6) is 1.69. The van der Waals surface area contributed by atoms with E-state index in [1.807, 2.05) is 59.3 Å². The highest BCUT2D eigenvalue weighted by Crippen LogP contribution is 2.31. The Morgan fingerprint density at radius 2 is 2.00 bits per heavy atom. The van der Waals surface area contributed by atoms with Crippen molar-refractivity contribution >= 4 is 23.4 Å². The Morgan fingerprint density at radius 1 is 1.16 bits per heavy atom. The zero-order valence-corrected chi connectivity index (χ0v) is 19.1. The molecule has 164 valence electrons. The van der Waals surface area contributed by atoms with Gasteiger partial charge >= 0.3 is 0 Å². The Hall–Kier alpha value is -2.81. The fraction of sp³-hybridized carbons (Fsp3) is 0.455. The monoisotopic (exact) mass is 440 g/mol. The molecule has 9 heteroatoms. The molecule has 1 aliphatic rings. The second-order valence-corrected chi connectivity index (χ2v) is 8.20. The average molecular weight is 441 g/mol. The minimum Gasteiger partial charge on any atom is -0.476 e. The number of hydrogen-bond donors (Lipinski definition) is 0. The lowest BCUT2D eigenvalue weighted by Gasteiger charge is -2.29. The molecule has 31 heavy (non-hydrogen) atoms. The number of thioether (sulfide) groups is 1. The van der Waals surface area contributed by atoms with Crippen LogP contribution >= 0.6 is 11.8 Å². The number of ether oxygens (including phenoxy) is 1. The van der Waals surface area contributed by atoms with E-state index in [0.717, 1.165) is 42.3 Å². The molecule has 3 aromatic rings. The summed E-state index contributed by atoms with van der Waals surface area (Å²) in [7, 11) is 0. The highest BCUT2D eigenvalue weighted by Gasteiger charge is 2.24. The molecule has 8 nitrogen and oxygen atoms in total. The highest BCUT2D eigenvalue weighted by atomic mass is 32.2. The van der Waals surface area contributed by atoms with Crippen LogP contribution in [0.4, 0.5) is 5.69 Å². The van der Waals surface area contributed by atoms with Crippen LogP contribution in [-0.4, -0.2) is 49.4 Å². The van der Waals surface area contributed by atoms with Gasteiger partial charge in [0.2, 0.25) is 11.8 Å². The SMILES string of the molecule is CCOc1nn(CC)cc1-c1nnc(SCC(=O)N2CCCc3ccccc32)n1CC. The van der Waals surface area contributed by atoms with E-state index in [9.17, 15) is 4.79 Å². The van der Waals surface area contributed by atoms with Gasteiger partial charge in [0, 0.05) is 31.5 Å². The molecule has 4 rings (SSSR count). The van der Waals surface area contributed by atoms with Crippen LogP contribution < -0.4 is 9.64 Å². The van der Waals surface area contributed by atoms with Crippen molar-refractivity contribution < 1.29 is 9.53 Å². The molecule has 0 atom stereocenters. The van der Waals surface area contributed by atoms with Gasteiger partial charge in [0.1, 0.15) is 5.56 Å². The first kappa shape index (κ1) is 21.4. The van der Waals surface area contributed by atoms with Crippen LogP contribution in [0.5, 0.6) is 5.88 Å². The van der Waals surface area contributed by atoms with Crippen LogP contribution in [-0.2, 0) is 24.3 Å². The summed E-state index contributed by atoms with van der Waals surface area (Å²) >= 11 is 1.43. The Kier molecular flexibility index (Phi) is 6.60. The molecule has 1 aromatic carbocycles. The van der Waals surface area contributed by atoms with E-state index >= 15 is 0 Å². The second-order valence-electron chi connectivity index (χ2n) is 7.25. The smallest absolute Gasteiger partial charge is 0.243 e. The van der Waals surface area contributed by atoms with E-state index < -0.39 is 0 Å². The average Bonchev–Trinajstić information content (AvgIpc) is 3.40. The molecule has 0 aliphatic carbocycles. The second kappa shape index (κ2) is 9.55. The maximum Gasteiger partial charge on any atom is 0.243 e. The molecule has 0 fully saturated rings. The first-order chi connectivity index (χ1) is 15.2. The molecule has 0 saturated carbocycles. The maximum atomic E-state index is 13.0. The van der Waals surface area contributed by atoms with Gasteiger partial charge in [-0.05, 0) is 45.2 Å². The molecule has 0 saturated heterocycles. The van der Waals surface area contributed by atoms with Crippen molar-refractivity contribution in [2.24, 2.45) is 0 Å². The van der Waals surface area contributed by atoms with Crippen LogP contribution in [0.2, 0.25) is 0 Å². The molecular formula is C22H28N6O2S. The van der Waals surface area contributed by atoms with Crippen LogP contribution in [0.25, 0.3) is 11.4 Å². The van der Waals surface area contributed by atoms with E-state index in [0.29, 0.717) is 30.6 Å². The molecule has 0 N–H and O–H groups in total. The lowest BCUT2D eigenvalue weighted by atomic mass is 10.0. The van der Waals surface area contributed by atoms with Gasteiger partial charge in [-0.1, -0.05) is 30.0 Å². The van der Waals surface area contributed by atoms with E-state index in [1.165, 1.54) is 17.3 Å². The van der Waals surface area contributed by atoms with Crippen molar-refractivity contribution in [3.8, 4) is 17.3 Å². The van der Waals surface area contributed by atoms with Gasteiger partial charge in [-0.3, -0.25) is 9.48 Å². The summed E-state index contributed by atoms with van der Waals surface area (Å²) < 4.78 is 9.56. The van der Waals surface area contributed by atoms with Crippen molar-refractivity contribution in [2.75, 3.05) is 23.8 Å². The van der Waals surface area contributed by atoms with Crippen LogP contribution in [0.1, 0.15) is 32.8 Å². The molecular weight excluding hydrogens is 412 g/mol. The maximum absolute atomic E-state index is 13.0. The van der Waals surface area contributed by atoms with Gasteiger partial charge in [-0.25, -0.2) is 0 Å². The molecule has 0 radical (unpaired) electrons. The lowest BCUT2D eigenvalue weighted by molar-refractivity contribution is -0.116. The molecule has 1 aliphatic heterocycles. The van der Waals surface area contributed by atoms with Gasteiger partial charge in [0.05, 0.1) is 12.4 Å². The van der Waals surface area contributed by atoms with Crippen LogP contribution in [0.3, 0.4) is 0 Å². The van der Waals surface area contributed by atoms with Gasteiger partial charge in [-0.2, -0.15) is 0 Å². The predicted molar refractivity (Wildman–Crippen MR) is 122 cm³/mol. The number of carbonyl (C=O) groups excluding carboxylic acids is 1. The zero-order valence-electron chi connectivity index (χ0n) is 18.2. The summed E-state index contributed by atoms with van der Waals surface area (Å²) in [4.78, 5) is 14.9. The van der Waals surface area contributed by atoms with E-state index in [-0.39, 0.29) is 5.91 Å². The molecule has 2 aromatic heterocycles. The topological polar surface area (TPSA) is 78.1 Å². The van der Waals surface area contributed by atoms with Crippen LogP contribution in [0, 0.1) is 0 Å². The molecule has 0 bridgehead atoms. The number of nitrogens with zero attached hydrogens (tertiary/aromatic N) is 6. The molecule has 0 unspecified atom stereocenters. The highest BCUT2D eigenvalue weighted by molar-refractivity contribution is 7.99. The van der Waals surface area contributed by atoms with E-state index in [4.69, 9.17) is 4.74 Å². The van der Waals surface area contributed by atoms with Crippen molar-refractivity contribution in [1.29, 1.82) is 0 Å². The number of para-hydroxylation sites is 1. The number of carbonyl (C=O) groups is 1. The van der Waals surface area contributed by atoms with Crippen LogP contribution in [0.15, 0.2) is 35.6 Å². The third-order valence-corrected chi connectivity index (χ3v) is 6.29. The summed E-state index contributed by atoms with van der Waals surface area (Å²) in [6.07, 6.45) is 3.95. The predicted octanol–water partition coefficient (Wildman–Crippen LogP) is 3.65. The standard InChI is InChI=1S/C22H28N6O2S/c1-4-26-14-17(21(25-26)30-6-3)20-23-24-22(27(20)5-2)31-15-19(29)28-13-9-11-16-10-7-8-12-18(16)28/h7-8,10,12,14H,4-6,9,11,13,15H2,1-3H3. The van der Waals surface area contributed by atoms with Crippen molar-refractivity contribution in [3.63, 3.8) is 0 Å². The Balaban J connectivity index is 1.53. The van der Waals surface area contributed by atoms with Gasteiger partial charge < -0.3 is 14.2 Å². The van der Waals surface area contributed by atoms with E-state index in [1.54, 1.807) is 0 Å². The number of fused-ring (bicyclic) bond motifs is 1. The third-order valence-electron chi connectivity index (χ3n) is 5.34. The van der Waals surface area contributed by atoms with Gasteiger partial charge in [-0.15, -0.1) is 15.3 Å². The zero-order chi connectivity index (χ0) is 21.8.